The molecule has 18 heavy (non-hydrogen) atoms. The number of nitrogens with two attached hydrogens (primary N) is 1. The highest BCUT2D eigenvalue weighted by molar-refractivity contribution is 6.00. The summed E-state index contributed by atoms with van der Waals surface area (Å²) in [6, 6.07) is -0.822. The van der Waals surface area contributed by atoms with Crippen LogP contribution in [0.4, 0.5) is 0 Å². The van der Waals surface area contributed by atoms with Crippen molar-refractivity contribution in [2.75, 3.05) is 6.61 Å². The second-order valence-corrected chi connectivity index (χ2v) is 5.18. The van der Waals surface area contributed by atoms with Gasteiger partial charge in [0.1, 0.15) is 12.0 Å². The zero-order valence-corrected chi connectivity index (χ0v) is 11.6. The highest BCUT2D eigenvalue weighted by Gasteiger charge is 2.39. The fourth-order valence-corrected chi connectivity index (χ4v) is 1.45. The number of carbonyl (C=O) groups is 3. The van der Waals surface area contributed by atoms with Crippen LogP contribution in [0.15, 0.2) is 0 Å². The van der Waals surface area contributed by atoms with Gasteiger partial charge in [-0.1, -0.05) is 20.8 Å². The molecule has 0 fully saturated rings. The first-order valence-corrected chi connectivity index (χ1v) is 5.87. The van der Waals surface area contributed by atoms with Crippen molar-refractivity contribution in [2.45, 2.75) is 40.7 Å². The maximum absolute atomic E-state index is 12.0. The van der Waals surface area contributed by atoms with E-state index in [-0.39, 0.29) is 6.61 Å². The smallest absolute Gasteiger partial charge is 0.319 e. The molecule has 2 amide bonds. The number of hydrogen-bond acceptors (Lipinski definition) is 4. The lowest BCUT2D eigenvalue weighted by atomic mass is 9.80. The van der Waals surface area contributed by atoms with Gasteiger partial charge in [-0.05, 0) is 19.3 Å². The van der Waals surface area contributed by atoms with Gasteiger partial charge in [-0.25, -0.2) is 0 Å². The molecule has 2 atom stereocenters. The molecule has 0 bridgehead atoms. The Morgan fingerprint density at radius 2 is 1.78 bits per heavy atom. The molecule has 0 rings (SSSR count). The van der Waals surface area contributed by atoms with Crippen molar-refractivity contribution in [2.24, 2.45) is 17.1 Å². The standard InChI is InChI=1S/C12H22N2O4/c1-6-18-11(17)8(12(3,4)5)10(16)14-7(2)9(13)15/h7-8H,6H2,1-5H3,(H2,13,15)(H,14,16). The van der Waals surface area contributed by atoms with Crippen LogP contribution < -0.4 is 11.1 Å². The van der Waals surface area contributed by atoms with Crippen molar-refractivity contribution in [1.29, 1.82) is 0 Å². The van der Waals surface area contributed by atoms with Gasteiger partial charge in [0.05, 0.1) is 6.61 Å². The third-order valence-electron chi connectivity index (χ3n) is 2.44. The zero-order chi connectivity index (χ0) is 14.5. The molecule has 0 spiro atoms. The minimum atomic E-state index is -0.973. The van der Waals surface area contributed by atoms with E-state index in [0.29, 0.717) is 0 Å². The number of hydrogen-bond donors (Lipinski definition) is 2. The van der Waals surface area contributed by atoms with Crippen LogP contribution in [0.1, 0.15) is 34.6 Å². The summed E-state index contributed by atoms with van der Waals surface area (Å²) in [6.45, 7) is 8.59. The molecule has 104 valence electrons. The van der Waals surface area contributed by atoms with E-state index in [1.54, 1.807) is 27.7 Å². The van der Waals surface area contributed by atoms with E-state index >= 15 is 0 Å². The van der Waals surface area contributed by atoms with Crippen molar-refractivity contribution < 1.29 is 19.1 Å². The van der Waals surface area contributed by atoms with Crippen LogP contribution in [0.25, 0.3) is 0 Å². The van der Waals surface area contributed by atoms with E-state index in [1.165, 1.54) is 6.92 Å². The van der Waals surface area contributed by atoms with Gasteiger partial charge in [-0.2, -0.15) is 0 Å². The topological polar surface area (TPSA) is 98.5 Å². The Hall–Kier alpha value is -1.59. The number of amides is 2. The van der Waals surface area contributed by atoms with Gasteiger partial charge in [0.25, 0.3) is 0 Å². The van der Waals surface area contributed by atoms with Gasteiger partial charge in [0, 0.05) is 0 Å². The Labute approximate surface area is 107 Å². The van der Waals surface area contributed by atoms with Crippen LogP contribution in [-0.2, 0) is 19.1 Å². The van der Waals surface area contributed by atoms with Crippen LogP contribution in [0.5, 0.6) is 0 Å². The van der Waals surface area contributed by atoms with Crippen molar-refractivity contribution >= 4 is 17.8 Å². The third kappa shape index (κ3) is 4.73. The van der Waals surface area contributed by atoms with Crippen molar-refractivity contribution in [3.05, 3.63) is 0 Å². The number of carbonyl (C=O) groups excluding carboxylic acids is 3. The second-order valence-electron chi connectivity index (χ2n) is 5.18. The van der Waals surface area contributed by atoms with E-state index < -0.39 is 35.2 Å². The Balaban J connectivity index is 4.93. The first kappa shape index (κ1) is 16.4. The molecule has 0 aromatic rings. The monoisotopic (exact) mass is 258 g/mol. The molecule has 0 heterocycles. The highest BCUT2D eigenvalue weighted by Crippen LogP contribution is 2.27. The quantitative estimate of drug-likeness (QED) is 0.543. The summed E-state index contributed by atoms with van der Waals surface area (Å²) < 4.78 is 4.88. The fourth-order valence-electron chi connectivity index (χ4n) is 1.45. The average molecular weight is 258 g/mol. The lowest BCUT2D eigenvalue weighted by Gasteiger charge is -2.28. The fraction of sp³-hybridized carbons (Fsp3) is 0.750. The summed E-state index contributed by atoms with van der Waals surface area (Å²) in [5.41, 5.74) is 4.45. The Morgan fingerprint density at radius 1 is 1.28 bits per heavy atom. The number of ether oxygens (including phenoxy) is 1. The number of esters is 1. The minimum absolute atomic E-state index is 0.198. The summed E-state index contributed by atoms with van der Waals surface area (Å²) in [7, 11) is 0. The van der Waals surface area contributed by atoms with Gasteiger partial charge in [-0.15, -0.1) is 0 Å². The highest BCUT2D eigenvalue weighted by atomic mass is 16.5. The van der Waals surface area contributed by atoms with Crippen molar-refractivity contribution in [1.82, 2.24) is 5.32 Å². The van der Waals surface area contributed by atoms with Crippen molar-refractivity contribution in [3.63, 3.8) is 0 Å². The van der Waals surface area contributed by atoms with Crippen LogP contribution in [0.2, 0.25) is 0 Å². The average Bonchev–Trinajstić information content (AvgIpc) is 2.15. The SMILES string of the molecule is CCOC(=O)C(C(=O)NC(C)C(N)=O)C(C)(C)C. The normalized spacial score (nSPS) is 14.5. The Bertz CT molecular complexity index is 333. The molecule has 0 aliphatic heterocycles. The molecule has 0 aliphatic carbocycles. The predicted molar refractivity (Wildman–Crippen MR) is 66.4 cm³/mol. The Kier molecular flexibility index (Phi) is 5.81. The first-order valence-electron chi connectivity index (χ1n) is 5.87. The molecule has 2 unspecified atom stereocenters. The molecule has 6 heteroatoms. The van der Waals surface area contributed by atoms with Gasteiger partial charge in [0.15, 0.2) is 0 Å². The zero-order valence-electron chi connectivity index (χ0n) is 11.6. The van der Waals surface area contributed by atoms with Gasteiger partial charge in [-0.3, -0.25) is 14.4 Å². The number of nitrogens with one attached hydrogen (secondary N) is 1. The molecule has 0 aromatic heterocycles. The summed E-state index contributed by atoms with van der Waals surface area (Å²) in [6.07, 6.45) is 0. The van der Waals surface area contributed by atoms with Crippen LogP contribution in [0.3, 0.4) is 0 Å². The largest absolute Gasteiger partial charge is 0.465 e. The molecule has 6 nitrogen and oxygen atoms in total. The van der Waals surface area contributed by atoms with E-state index in [1.807, 2.05) is 0 Å². The number of primary amides is 1. The van der Waals surface area contributed by atoms with E-state index in [9.17, 15) is 14.4 Å². The van der Waals surface area contributed by atoms with E-state index in [4.69, 9.17) is 10.5 Å². The van der Waals surface area contributed by atoms with Gasteiger partial charge >= 0.3 is 5.97 Å². The molecular formula is C12H22N2O4. The lowest BCUT2D eigenvalue weighted by molar-refractivity contribution is -0.157. The lowest BCUT2D eigenvalue weighted by Crippen LogP contribution is -2.49. The van der Waals surface area contributed by atoms with E-state index in [0.717, 1.165) is 0 Å². The minimum Gasteiger partial charge on any atom is -0.465 e. The molecule has 0 aromatic carbocycles. The maximum Gasteiger partial charge on any atom is 0.319 e. The van der Waals surface area contributed by atoms with Gasteiger partial charge < -0.3 is 15.8 Å². The molecule has 0 saturated heterocycles. The second kappa shape index (κ2) is 6.37. The number of rotatable bonds is 5. The van der Waals surface area contributed by atoms with Crippen LogP contribution in [0, 0.1) is 11.3 Å². The summed E-state index contributed by atoms with van der Waals surface area (Å²) in [4.78, 5) is 34.7. The third-order valence-corrected chi connectivity index (χ3v) is 2.44. The molecule has 0 saturated carbocycles. The van der Waals surface area contributed by atoms with Crippen LogP contribution in [-0.4, -0.2) is 30.4 Å². The Morgan fingerprint density at radius 3 is 2.11 bits per heavy atom. The van der Waals surface area contributed by atoms with Gasteiger partial charge in [0.2, 0.25) is 11.8 Å². The van der Waals surface area contributed by atoms with Crippen molar-refractivity contribution in [3.8, 4) is 0 Å². The molecule has 3 N–H and O–H groups in total. The van der Waals surface area contributed by atoms with E-state index in [2.05, 4.69) is 5.32 Å². The maximum atomic E-state index is 12.0. The summed E-state index contributed by atoms with van der Waals surface area (Å²) in [5.74, 6) is -2.77. The molecule has 0 aliphatic rings. The summed E-state index contributed by atoms with van der Waals surface area (Å²) >= 11 is 0. The molecular weight excluding hydrogens is 236 g/mol. The molecule has 0 radical (unpaired) electrons. The predicted octanol–water partition coefficient (Wildman–Crippen LogP) is 0.202. The first-order chi connectivity index (χ1) is 8.11. The summed E-state index contributed by atoms with van der Waals surface area (Å²) in [5, 5.41) is 2.41. The van der Waals surface area contributed by atoms with Crippen LogP contribution >= 0.6 is 0 Å².